The van der Waals surface area contributed by atoms with Crippen LogP contribution in [0.1, 0.15) is 57.8 Å². The zero-order chi connectivity index (χ0) is 14.4. The molecule has 0 aromatic heterocycles. The molecule has 21 heavy (non-hydrogen) atoms. The van der Waals surface area contributed by atoms with Crippen molar-refractivity contribution in [2.24, 2.45) is 23.2 Å². The molecule has 0 aromatic carbocycles. The zero-order valence-electron chi connectivity index (χ0n) is 13.4. The van der Waals surface area contributed by atoms with Gasteiger partial charge in [0.05, 0.1) is 7.11 Å². The lowest BCUT2D eigenvalue weighted by Crippen LogP contribution is -2.55. The lowest BCUT2D eigenvalue weighted by atomic mass is 9.49. The number of methoxy groups -OCH3 is 1. The maximum atomic E-state index is 12.1. The standard InChI is InChI=1S/C18H29NO2/c1-21-17(20)16-4-2-3-5-19(16)12-18-9-13-6-14(10-18)8-15(7-13)11-18/h13-16H,2-12H2,1H3. The van der Waals surface area contributed by atoms with Crippen LogP contribution in [0, 0.1) is 23.2 Å². The van der Waals surface area contributed by atoms with Crippen molar-refractivity contribution >= 4 is 5.97 Å². The highest BCUT2D eigenvalue weighted by Crippen LogP contribution is 2.60. The van der Waals surface area contributed by atoms with Crippen molar-refractivity contribution in [2.75, 3.05) is 20.2 Å². The van der Waals surface area contributed by atoms with E-state index in [9.17, 15) is 4.79 Å². The zero-order valence-corrected chi connectivity index (χ0v) is 13.4. The van der Waals surface area contributed by atoms with E-state index in [1.165, 1.54) is 51.4 Å². The summed E-state index contributed by atoms with van der Waals surface area (Å²) in [6.07, 6.45) is 12.2. The number of carbonyl (C=O) groups is 1. The number of rotatable bonds is 3. The minimum Gasteiger partial charge on any atom is -0.468 e. The summed E-state index contributed by atoms with van der Waals surface area (Å²) in [5.74, 6) is 2.99. The number of likely N-dealkylation sites (tertiary alicyclic amines) is 1. The number of carbonyl (C=O) groups excluding carboxylic acids is 1. The number of nitrogens with zero attached hydrogens (tertiary/aromatic N) is 1. The van der Waals surface area contributed by atoms with Crippen molar-refractivity contribution in [1.82, 2.24) is 4.90 Å². The highest BCUT2D eigenvalue weighted by atomic mass is 16.5. The quantitative estimate of drug-likeness (QED) is 0.748. The van der Waals surface area contributed by atoms with Gasteiger partial charge >= 0.3 is 5.97 Å². The van der Waals surface area contributed by atoms with Crippen LogP contribution in [0.15, 0.2) is 0 Å². The van der Waals surface area contributed by atoms with Gasteiger partial charge in [0.2, 0.25) is 0 Å². The molecule has 1 atom stereocenters. The van der Waals surface area contributed by atoms with Crippen LogP contribution < -0.4 is 0 Å². The molecular formula is C18H29NO2. The normalized spacial score (nSPS) is 45.8. The SMILES string of the molecule is COC(=O)C1CCCCN1CC12CC3CC(CC(C3)C1)C2. The van der Waals surface area contributed by atoms with Gasteiger partial charge in [0.15, 0.2) is 0 Å². The fourth-order valence-corrected chi connectivity index (χ4v) is 6.50. The van der Waals surface area contributed by atoms with Crippen LogP contribution in [0.5, 0.6) is 0 Å². The van der Waals surface area contributed by atoms with Crippen LogP contribution in [-0.2, 0) is 9.53 Å². The fraction of sp³-hybridized carbons (Fsp3) is 0.944. The van der Waals surface area contributed by atoms with E-state index in [4.69, 9.17) is 4.74 Å². The molecule has 4 saturated carbocycles. The molecule has 3 heteroatoms. The van der Waals surface area contributed by atoms with E-state index in [0.717, 1.165) is 37.3 Å². The Balaban J connectivity index is 1.50. The van der Waals surface area contributed by atoms with Crippen molar-refractivity contribution in [3.8, 4) is 0 Å². The Morgan fingerprint density at radius 2 is 1.71 bits per heavy atom. The lowest BCUT2D eigenvalue weighted by Gasteiger charge is -2.58. The van der Waals surface area contributed by atoms with Gasteiger partial charge in [-0.2, -0.15) is 0 Å². The van der Waals surface area contributed by atoms with E-state index in [2.05, 4.69) is 4.90 Å². The summed E-state index contributed by atoms with van der Waals surface area (Å²) in [5.41, 5.74) is 0.540. The number of ether oxygens (including phenoxy) is 1. The molecule has 4 bridgehead atoms. The van der Waals surface area contributed by atoms with E-state index in [0.29, 0.717) is 5.41 Å². The van der Waals surface area contributed by atoms with Gasteiger partial charge in [0.25, 0.3) is 0 Å². The molecule has 1 unspecified atom stereocenters. The molecule has 3 nitrogen and oxygen atoms in total. The smallest absolute Gasteiger partial charge is 0.323 e. The second-order valence-electron chi connectivity index (χ2n) is 8.42. The Morgan fingerprint density at radius 1 is 1.10 bits per heavy atom. The van der Waals surface area contributed by atoms with E-state index < -0.39 is 0 Å². The second-order valence-corrected chi connectivity index (χ2v) is 8.42. The first kappa shape index (κ1) is 14.0. The summed E-state index contributed by atoms with van der Waals surface area (Å²) in [4.78, 5) is 14.6. The molecule has 5 fully saturated rings. The largest absolute Gasteiger partial charge is 0.468 e. The van der Waals surface area contributed by atoms with E-state index in [1.807, 2.05) is 0 Å². The van der Waals surface area contributed by atoms with Crippen molar-refractivity contribution in [1.29, 1.82) is 0 Å². The van der Waals surface area contributed by atoms with Crippen LogP contribution in [0.3, 0.4) is 0 Å². The molecule has 5 rings (SSSR count). The number of hydrogen-bond acceptors (Lipinski definition) is 3. The van der Waals surface area contributed by atoms with Gasteiger partial charge in [-0.05, 0) is 81.1 Å². The van der Waals surface area contributed by atoms with Gasteiger partial charge in [-0.25, -0.2) is 0 Å². The Bertz CT molecular complexity index is 384. The van der Waals surface area contributed by atoms with Gasteiger partial charge in [0, 0.05) is 6.54 Å². The first-order chi connectivity index (χ1) is 10.2. The predicted octanol–water partition coefficient (Wildman–Crippen LogP) is 3.23. The number of piperidine rings is 1. The molecule has 0 amide bonds. The third-order valence-corrected chi connectivity index (χ3v) is 6.79. The molecule has 118 valence electrons. The van der Waals surface area contributed by atoms with Crippen LogP contribution in [0.4, 0.5) is 0 Å². The van der Waals surface area contributed by atoms with E-state index in [1.54, 1.807) is 7.11 Å². The Morgan fingerprint density at radius 3 is 2.29 bits per heavy atom. The van der Waals surface area contributed by atoms with Crippen molar-refractivity contribution in [3.63, 3.8) is 0 Å². The monoisotopic (exact) mass is 291 g/mol. The molecule has 4 aliphatic carbocycles. The minimum absolute atomic E-state index is 0.000529. The summed E-state index contributed by atoms with van der Waals surface area (Å²) < 4.78 is 5.06. The first-order valence-electron chi connectivity index (χ1n) is 8.99. The van der Waals surface area contributed by atoms with Gasteiger partial charge in [-0.3, -0.25) is 9.69 Å². The molecule has 5 aliphatic rings. The predicted molar refractivity (Wildman–Crippen MR) is 81.8 cm³/mol. The highest BCUT2D eigenvalue weighted by Gasteiger charge is 2.52. The van der Waals surface area contributed by atoms with E-state index >= 15 is 0 Å². The van der Waals surface area contributed by atoms with Crippen LogP contribution in [0.2, 0.25) is 0 Å². The average Bonchev–Trinajstić information content (AvgIpc) is 2.45. The second kappa shape index (κ2) is 5.26. The molecule has 0 N–H and O–H groups in total. The lowest BCUT2D eigenvalue weighted by molar-refractivity contribution is -0.151. The summed E-state index contributed by atoms with van der Waals surface area (Å²) in [7, 11) is 1.54. The van der Waals surface area contributed by atoms with Gasteiger partial charge < -0.3 is 4.74 Å². The van der Waals surface area contributed by atoms with Gasteiger partial charge in [0.1, 0.15) is 6.04 Å². The van der Waals surface area contributed by atoms with Crippen molar-refractivity contribution < 1.29 is 9.53 Å². The van der Waals surface area contributed by atoms with Gasteiger partial charge in [-0.15, -0.1) is 0 Å². The highest BCUT2D eigenvalue weighted by molar-refractivity contribution is 5.75. The number of hydrogen-bond donors (Lipinski definition) is 0. The maximum Gasteiger partial charge on any atom is 0.323 e. The van der Waals surface area contributed by atoms with Crippen molar-refractivity contribution in [3.05, 3.63) is 0 Å². The van der Waals surface area contributed by atoms with Gasteiger partial charge in [-0.1, -0.05) is 6.42 Å². The minimum atomic E-state index is -0.000529. The molecule has 1 saturated heterocycles. The Hall–Kier alpha value is -0.570. The van der Waals surface area contributed by atoms with Crippen LogP contribution in [-0.4, -0.2) is 37.1 Å². The maximum absolute atomic E-state index is 12.1. The molecule has 1 aliphatic heterocycles. The molecule has 0 spiro atoms. The molecule has 0 aromatic rings. The van der Waals surface area contributed by atoms with Crippen LogP contribution in [0.25, 0.3) is 0 Å². The molecular weight excluding hydrogens is 262 g/mol. The fourth-order valence-electron chi connectivity index (χ4n) is 6.50. The Kier molecular flexibility index (Phi) is 3.52. The molecule has 1 heterocycles. The summed E-state index contributed by atoms with van der Waals surface area (Å²) in [5, 5.41) is 0. The third kappa shape index (κ3) is 2.52. The topological polar surface area (TPSA) is 29.5 Å². The average molecular weight is 291 g/mol. The van der Waals surface area contributed by atoms with E-state index in [-0.39, 0.29) is 12.0 Å². The summed E-state index contributed by atoms with van der Waals surface area (Å²) in [6.45, 7) is 2.26. The number of esters is 1. The first-order valence-corrected chi connectivity index (χ1v) is 8.99. The third-order valence-electron chi connectivity index (χ3n) is 6.79. The van der Waals surface area contributed by atoms with Crippen LogP contribution >= 0.6 is 0 Å². The Labute approximate surface area is 128 Å². The molecule has 0 radical (unpaired) electrons. The summed E-state index contributed by atoms with van der Waals surface area (Å²) in [6, 6.07) is 0.0387. The summed E-state index contributed by atoms with van der Waals surface area (Å²) >= 11 is 0. The van der Waals surface area contributed by atoms with Crippen molar-refractivity contribution in [2.45, 2.75) is 63.8 Å².